The van der Waals surface area contributed by atoms with E-state index in [2.05, 4.69) is 19.1 Å². The lowest BCUT2D eigenvalue weighted by atomic mass is 10.0. The Bertz CT molecular complexity index is 427. The van der Waals surface area contributed by atoms with E-state index in [4.69, 9.17) is 9.84 Å². The van der Waals surface area contributed by atoms with E-state index in [1.807, 2.05) is 4.90 Å². The quantitative estimate of drug-likeness (QED) is 0.839. The maximum Gasteiger partial charge on any atom is 0.223 e. The zero-order valence-electron chi connectivity index (χ0n) is 12.0. The highest BCUT2D eigenvalue weighted by atomic mass is 32.1. The van der Waals surface area contributed by atoms with Crippen LogP contribution in [0.15, 0.2) is 12.1 Å². The van der Waals surface area contributed by atoms with E-state index in [9.17, 15) is 4.79 Å². The summed E-state index contributed by atoms with van der Waals surface area (Å²) in [5.74, 6) is 0.546. The number of nitrogens with zero attached hydrogens (tertiary/aromatic N) is 1. The van der Waals surface area contributed by atoms with Gasteiger partial charge >= 0.3 is 0 Å². The lowest BCUT2D eigenvalue weighted by molar-refractivity contribution is -0.133. The molecule has 1 saturated heterocycles. The minimum Gasteiger partial charge on any atom is -0.396 e. The van der Waals surface area contributed by atoms with Crippen molar-refractivity contribution in [3.8, 4) is 0 Å². The van der Waals surface area contributed by atoms with E-state index in [0.29, 0.717) is 38.5 Å². The molecule has 0 aromatic carbocycles. The molecule has 0 aliphatic carbocycles. The van der Waals surface area contributed by atoms with Crippen LogP contribution >= 0.6 is 11.3 Å². The topological polar surface area (TPSA) is 49.8 Å². The molecule has 1 atom stereocenters. The Morgan fingerprint density at radius 3 is 3.00 bits per heavy atom. The zero-order valence-corrected chi connectivity index (χ0v) is 12.8. The van der Waals surface area contributed by atoms with E-state index in [1.54, 1.807) is 11.3 Å². The lowest BCUT2D eigenvalue weighted by Gasteiger charge is -2.23. The van der Waals surface area contributed by atoms with Crippen LogP contribution < -0.4 is 0 Å². The molecule has 0 radical (unpaired) electrons. The van der Waals surface area contributed by atoms with Gasteiger partial charge in [-0.3, -0.25) is 4.79 Å². The van der Waals surface area contributed by atoms with Gasteiger partial charge in [-0.1, -0.05) is 0 Å². The Kier molecular flexibility index (Phi) is 6.01. The van der Waals surface area contributed by atoms with Crippen molar-refractivity contribution in [3.05, 3.63) is 21.9 Å². The van der Waals surface area contributed by atoms with Gasteiger partial charge in [0.15, 0.2) is 0 Å². The number of ether oxygens (including phenoxy) is 1. The number of carbonyl (C=O) groups is 1. The van der Waals surface area contributed by atoms with Crippen molar-refractivity contribution in [1.29, 1.82) is 0 Å². The molecule has 0 spiro atoms. The number of hydrogen-bond acceptors (Lipinski definition) is 4. The Balaban J connectivity index is 1.92. The smallest absolute Gasteiger partial charge is 0.223 e. The van der Waals surface area contributed by atoms with Crippen LogP contribution in [0.3, 0.4) is 0 Å². The molecule has 20 heavy (non-hydrogen) atoms. The summed E-state index contributed by atoms with van der Waals surface area (Å²) in [5, 5.41) is 9.00. The number of aliphatic hydroxyl groups excluding tert-OH is 1. The summed E-state index contributed by atoms with van der Waals surface area (Å²) >= 11 is 1.73. The number of rotatable bonds is 7. The predicted molar refractivity (Wildman–Crippen MR) is 79.7 cm³/mol. The van der Waals surface area contributed by atoms with Crippen LogP contribution in [0.2, 0.25) is 0 Å². The molecule has 1 aromatic rings. The number of thiophene rings is 1. The highest BCUT2D eigenvalue weighted by Gasteiger charge is 2.22. The molecule has 1 aliphatic rings. The Labute approximate surface area is 124 Å². The standard InChI is InChI=1S/C15H23NO3S/c1-12-3-4-14(20-12)10-16(6-2-7-17)15(18)9-13-5-8-19-11-13/h3-4,13,17H,2,5-11H2,1H3/t13-/m0/s1. The highest BCUT2D eigenvalue weighted by Crippen LogP contribution is 2.21. The summed E-state index contributed by atoms with van der Waals surface area (Å²) in [5.41, 5.74) is 0. The molecule has 1 fully saturated rings. The van der Waals surface area contributed by atoms with Gasteiger partial charge in [0, 0.05) is 42.5 Å². The van der Waals surface area contributed by atoms with Crippen molar-refractivity contribution in [2.75, 3.05) is 26.4 Å². The van der Waals surface area contributed by atoms with Crippen LogP contribution in [0.4, 0.5) is 0 Å². The van der Waals surface area contributed by atoms with Crippen LogP contribution in [0, 0.1) is 12.8 Å². The average molecular weight is 297 g/mol. The maximum atomic E-state index is 12.4. The first-order valence-electron chi connectivity index (χ1n) is 7.20. The summed E-state index contributed by atoms with van der Waals surface area (Å²) in [4.78, 5) is 16.8. The lowest BCUT2D eigenvalue weighted by Crippen LogP contribution is -2.33. The molecule has 1 N–H and O–H groups in total. The van der Waals surface area contributed by atoms with Crippen LogP contribution in [0.5, 0.6) is 0 Å². The summed E-state index contributed by atoms with van der Waals surface area (Å²) in [6, 6.07) is 4.16. The largest absolute Gasteiger partial charge is 0.396 e. The number of amides is 1. The molecule has 0 unspecified atom stereocenters. The number of hydrogen-bond donors (Lipinski definition) is 1. The molecule has 1 aliphatic heterocycles. The minimum atomic E-state index is 0.125. The Hall–Kier alpha value is -0.910. The van der Waals surface area contributed by atoms with E-state index >= 15 is 0 Å². The van der Waals surface area contributed by atoms with Crippen molar-refractivity contribution in [2.24, 2.45) is 5.92 Å². The van der Waals surface area contributed by atoms with Gasteiger partial charge in [-0.05, 0) is 37.8 Å². The molecule has 2 rings (SSSR count). The van der Waals surface area contributed by atoms with Crippen molar-refractivity contribution in [1.82, 2.24) is 4.90 Å². The SMILES string of the molecule is Cc1ccc(CN(CCCO)C(=O)C[C@@H]2CCOC2)s1. The summed E-state index contributed by atoms with van der Waals surface area (Å²) < 4.78 is 5.33. The van der Waals surface area contributed by atoms with Crippen LogP contribution in [0.25, 0.3) is 0 Å². The number of aliphatic hydroxyl groups is 1. The monoisotopic (exact) mass is 297 g/mol. The first kappa shape index (κ1) is 15.5. The summed E-state index contributed by atoms with van der Waals surface area (Å²) in [7, 11) is 0. The fourth-order valence-corrected chi connectivity index (χ4v) is 3.34. The molecule has 4 nitrogen and oxygen atoms in total. The third-order valence-corrected chi connectivity index (χ3v) is 4.55. The molecule has 0 saturated carbocycles. The molecular weight excluding hydrogens is 274 g/mol. The Morgan fingerprint density at radius 2 is 2.40 bits per heavy atom. The third kappa shape index (κ3) is 4.58. The normalized spacial score (nSPS) is 18.4. The fraction of sp³-hybridized carbons (Fsp3) is 0.667. The van der Waals surface area contributed by atoms with Gasteiger partial charge in [0.1, 0.15) is 0 Å². The van der Waals surface area contributed by atoms with Crippen molar-refractivity contribution >= 4 is 17.2 Å². The number of aryl methyl sites for hydroxylation is 1. The van der Waals surface area contributed by atoms with E-state index in [1.165, 1.54) is 9.75 Å². The van der Waals surface area contributed by atoms with Gasteiger partial charge in [-0.25, -0.2) is 0 Å². The van der Waals surface area contributed by atoms with Gasteiger partial charge in [-0.2, -0.15) is 0 Å². The first-order chi connectivity index (χ1) is 9.69. The van der Waals surface area contributed by atoms with Crippen LogP contribution in [0.1, 0.15) is 29.0 Å². The average Bonchev–Trinajstić information content (AvgIpc) is 3.06. The van der Waals surface area contributed by atoms with E-state index < -0.39 is 0 Å². The van der Waals surface area contributed by atoms with Gasteiger partial charge in [0.25, 0.3) is 0 Å². The van der Waals surface area contributed by atoms with E-state index in [-0.39, 0.29) is 12.5 Å². The van der Waals surface area contributed by atoms with Gasteiger partial charge in [-0.15, -0.1) is 11.3 Å². The second kappa shape index (κ2) is 7.76. The Morgan fingerprint density at radius 1 is 1.55 bits per heavy atom. The van der Waals surface area contributed by atoms with Gasteiger partial charge < -0.3 is 14.7 Å². The predicted octanol–water partition coefficient (Wildman–Crippen LogP) is 2.19. The molecule has 5 heteroatoms. The second-order valence-electron chi connectivity index (χ2n) is 5.34. The highest BCUT2D eigenvalue weighted by molar-refractivity contribution is 7.11. The van der Waals surface area contributed by atoms with Crippen LogP contribution in [-0.4, -0.2) is 42.3 Å². The van der Waals surface area contributed by atoms with Crippen molar-refractivity contribution in [3.63, 3.8) is 0 Å². The third-order valence-electron chi connectivity index (χ3n) is 3.57. The number of carbonyl (C=O) groups excluding carboxylic acids is 1. The molecular formula is C15H23NO3S. The minimum absolute atomic E-state index is 0.125. The zero-order chi connectivity index (χ0) is 14.4. The summed E-state index contributed by atoms with van der Waals surface area (Å²) in [6.45, 7) is 4.96. The molecule has 1 aromatic heterocycles. The van der Waals surface area contributed by atoms with Crippen molar-refractivity contribution in [2.45, 2.75) is 32.7 Å². The molecule has 112 valence electrons. The van der Waals surface area contributed by atoms with Crippen molar-refractivity contribution < 1.29 is 14.6 Å². The van der Waals surface area contributed by atoms with Gasteiger partial charge in [0.2, 0.25) is 5.91 Å². The van der Waals surface area contributed by atoms with E-state index in [0.717, 1.165) is 13.0 Å². The fourth-order valence-electron chi connectivity index (χ4n) is 2.43. The summed E-state index contributed by atoms with van der Waals surface area (Å²) in [6.07, 6.45) is 2.19. The second-order valence-corrected chi connectivity index (χ2v) is 6.71. The molecule has 1 amide bonds. The molecule has 0 bridgehead atoms. The maximum absolute atomic E-state index is 12.4. The van der Waals surface area contributed by atoms with Crippen LogP contribution in [-0.2, 0) is 16.1 Å². The first-order valence-corrected chi connectivity index (χ1v) is 8.02. The van der Waals surface area contributed by atoms with Gasteiger partial charge in [0.05, 0.1) is 6.54 Å². The molecule has 2 heterocycles.